The Morgan fingerprint density at radius 1 is 0.828 bits per heavy atom. The average Bonchev–Trinajstić information content (AvgIpc) is 2.76. The van der Waals surface area contributed by atoms with Crippen molar-refractivity contribution in [2.75, 3.05) is 12.4 Å². The van der Waals surface area contributed by atoms with Crippen LogP contribution < -0.4 is 14.8 Å². The van der Waals surface area contributed by atoms with E-state index >= 15 is 0 Å². The van der Waals surface area contributed by atoms with E-state index in [0.717, 1.165) is 28.3 Å². The zero-order chi connectivity index (χ0) is 20.1. The molecule has 0 bridgehead atoms. The second-order valence-corrected chi connectivity index (χ2v) is 7.11. The second kappa shape index (κ2) is 8.70. The molecule has 0 saturated heterocycles. The third-order valence-corrected chi connectivity index (χ3v) is 5.00. The first kappa shape index (κ1) is 18.9. The van der Waals surface area contributed by atoms with E-state index in [9.17, 15) is 0 Å². The fourth-order valence-corrected chi connectivity index (χ4v) is 3.55. The summed E-state index contributed by atoms with van der Waals surface area (Å²) in [5.74, 6) is 1.53. The first-order valence-electron chi connectivity index (χ1n) is 9.80. The number of aryl methyl sites for hydroxylation is 1. The zero-order valence-electron chi connectivity index (χ0n) is 16.8. The zero-order valence-corrected chi connectivity index (χ0v) is 16.8. The normalized spacial score (nSPS) is 10.7. The summed E-state index contributed by atoms with van der Waals surface area (Å²) in [4.78, 5) is 0. The Balaban J connectivity index is 1.57. The Morgan fingerprint density at radius 2 is 1.62 bits per heavy atom. The fourth-order valence-electron chi connectivity index (χ4n) is 3.55. The van der Waals surface area contributed by atoms with E-state index < -0.39 is 0 Å². The quantitative estimate of drug-likeness (QED) is 0.403. The summed E-state index contributed by atoms with van der Waals surface area (Å²) in [5.41, 5.74) is 4.54. The Kier molecular flexibility index (Phi) is 5.66. The van der Waals surface area contributed by atoms with Gasteiger partial charge in [-0.05, 0) is 30.0 Å². The van der Waals surface area contributed by atoms with Gasteiger partial charge in [0.1, 0.15) is 6.61 Å². The molecule has 0 atom stereocenters. The highest BCUT2D eigenvalue weighted by Gasteiger charge is 2.11. The molecule has 0 aliphatic carbocycles. The maximum absolute atomic E-state index is 6.21. The highest BCUT2D eigenvalue weighted by molar-refractivity contribution is 5.93. The molecule has 29 heavy (non-hydrogen) atoms. The van der Waals surface area contributed by atoms with Crippen molar-refractivity contribution in [2.24, 2.45) is 0 Å². The number of fused-ring (bicyclic) bond motifs is 1. The van der Waals surface area contributed by atoms with Crippen LogP contribution in [-0.4, -0.2) is 7.11 Å². The minimum Gasteiger partial charge on any atom is -0.493 e. The lowest BCUT2D eigenvalue weighted by Gasteiger charge is -2.17. The number of hydrogen-bond donors (Lipinski definition) is 1. The molecule has 0 aliphatic heterocycles. The Hall–Kier alpha value is -3.46. The number of hydrogen-bond acceptors (Lipinski definition) is 3. The maximum Gasteiger partial charge on any atom is 0.166 e. The van der Waals surface area contributed by atoms with Gasteiger partial charge in [-0.15, -0.1) is 0 Å². The molecule has 0 aliphatic rings. The molecule has 0 amide bonds. The number of benzene rings is 4. The number of methoxy groups -OCH3 is 1. The van der Waals surface area contributed by atoms with E-state index in [1.54, 1.807) is 7.11 Å². The second-order valence-electron chi connectivity index (χ2n) is 7.11. The molecule has 4 aromatic carbocycles. The summed E-state index contributed by atoms with van der Waals surface area (Å²) in [6, 6.07) is 29.1. The maximum atomic E-state index is 6.21. The minimum atomic E-state index is 0.503. The van der Waals surface area contributed by atoms with Crippen molar-refractivity contribution in [1.29, 1.82) is 0 Å². The molecular weight excluding hydrogens is 358 g/mol. The van der Waals surface area contributed by atoms with Crippen LogP contribution in [0.2, 0.25) is 0 Å². The molecule has 4 aromatic rings. The number of nitrogens with one attached hydrogen (secondary N) is 1. The number of anilines is 1. The van der Waals surface area contributed by atoms with Gasteiger partial charge in [-0.2, -0.15) is 0 Å². The van der Waals surface area contributed by atoms with Crippen LogP contribution in [0.3, 0.4) is 0 Å². The minimum absolute atomic E-state index is 0.503. The fraction of sp³-hybridized carbons (Fsp3) is 0.154. The van der Waals surface area contributed by atoms with Crippen LogP contribution in [0.5, 0.6) is 11.5 Å². The van der Waals surface area contributed by atoms with Crippen molar-refractivity contribution in [2.45, 2.75) is 20.1 Å². The van der Waals surface area contributed by atoms with Gasteiger partial charge in [0.2, 0.25) is 0 Å². The smallest absolute Gasteiger partial charge is 0.166 e. The van der Waals surface area contributed by atoms with E-state index in [1.807, 2.05) is 12.1 Å². The van der Waals surface area contributed by atoms with Crippen LogP contribution in [0, 0.1) is 6.92 Å². The molecule has 3 nitrogen and oxygen atoms in total. The summed E-state index contributed by atoms with van der Waals surface area (Å²) in [6.45, 7) is 3.24. The predicted molar refractivity (Wildman–Crippen MR) is 120 cm³/mol. The molecule has 0 spiro atoms. The van der Waals surface area contributed by atoms with Crippen molar-refractivity contribution in [1.82, 2.24) is 0 Å². The van der Waals surface area contributed by atoms with Gasteiger partial charge < -0.3 is 14.8 Å². The summed E-state index contributed by atoms with van der Waals surface area (Å²) < 4.78 is 11.8. The van der Waals surface area contributed by atoms with Gasteiger partial charge in [0.25, 0.3) is 0 Å². The van der Waals surface area contributed by atoms with E-state index in [0.29, 0.717) is 13.2 Å². The highest BCUT2D eigenvalue weighted by atomic mass is 16.5. The van der Waals surface area contributed by atoms with Gasteiger partial charge in [0.15, 0.2) is 11.5 Å². The molecule has 3 heteroatoms. The van der Waals surface area contributed by atoms with Crippen molar-refractivity contribution in [3.63, 3.8) is 0 Å². The van der Waals surface area contributed by atoms with Crippen LogP contribution in [0.1, 0.15) is 16.7 Å². The molecule has 0 heterocycles. The highest BCUT2D eigenvalue weighted by Crippen LogP contribution is 2.33. The first-order chi connectivity index (χ1) is 14.2. The van der Waals surface area contributed by atoms with E-state index in [-0.39, 0.29) is 0 Å². The van der Waals surface area contributed by atoms with Crippen LogP contribution in [0.4, 0.5) is 5.69 Å². The number of ether oxygens (including phenoxy) is 2. The summed E-state index contributed by atoms with van der Waals surface area (Å²) >= 11 is 0. The van der Waals surface area contributed by atoms with Crippen LogP contribution >= 0.6 is 0 Å². The third-order valence-electron chi connectivity index (χ3n) is 5.00. The lowest BCUT2D eigenvalue weighted by molar-refractivity contribution is 0.281. The van der Waals surface area contributed by atoms with Crippen molar-refractivity contribution < 1.29 is 9.47 Å². The molecular formula is C26H25NO2. The van der Waals surface area contributed by atoms with Gasteiger partial charge in [-0.25, -0.2) is 0 Å². The molecule has 1 N–H and O–H groups in total. The summed E-state index contributed by atoms with van der Waals surface area (Å²) in [6.07, 6.45) is 0. The third kappa shape index (κ3) is 4.35. The Labute approximate surface area is 171 Å². The van der Waals surface area contributed by atoms with E-state index in [2.05, 4.69) is 85.0 Å². The van der Waals surface area contributed by atoms with Crippen molar-refractivity contribution in [3.05, 3.63) is 102 Å². The average molecular weight is 383 g/mol. The Bertz CT molecular complexity index is 1120. The van der Waals surface area contributed by atoms with Gasteiger partial charge >= 0.3 is 0 Å². The standard InChI is InChI=1S/C26H25NO2/c1-19-8-5-9-20(16-19)18-29-26-22(12-7-15-25(26)28-2)17-27-24-14-6-11-21-10-3-4-13-23(21)24/h3-16,27H,17-18H2,1-2H3. The van der Waals surface area contributed by atoms with Crippen LogP contribution in [0.25, 0.3) is 10.8 Å². The molecule has 4 rings (SSSR count). The predicted octanol–water partition coefficient (Wildman–Crippen LogP) is 6.35. The van der Waals surface area contributed by atoms with E-state index in [1.165, 1.54) is 16.3 Å². The van der Waals surface area contributed by atoms with Gasteiger partial charge in [-0.1, -0.05) is 78.4 Å². The van der Waals surface area contributed by atoms with E-state index in [4.69, 9.17) is 9.47 Å². The first-order valence-corrected chi connectivity index (χ1v) is 9.80. The molecule has 0 aromatic heterocycles. The number of para-hydroxylation sites is 1. The molecule has 0 saturated carbocycles. The summed E-state index contributed by atoms with van der Waals surface area (Å²) in [5, 5.41) is 6.00. The molecule has 146 valence electrons. The SMILES string of the molecule is COc1cccc(CNc2cccc3ccccc23)c1OCc1cccc(C)c1. The molecule has 0 radical (unpaired) electrons. The lowest BCUT2D eigenvalue weighted by Crippen LogP contribution is -2.05. The topological polar surface area (TPSA) is 30.5 Å². The largest absolute Gasteiger partial charge is 0.493 e. The van der Waals surface area contributed by atoms with Gasteiger partial charge in [0, 0.05) is 23.2 Å². The van der Waals surface area contributed by atoms with Crippen LogP contribution in [0.15, 0.2) is 84.9 Å². The molecule has 0 fully saturated rings. The van der Waals surface area contributed by atoms with Crippen LogP contribution in [-0.2, 0) is 13.2 Å². The van der Waals surface area contributed by atoms with Gasteiger partial charge in [0.05, 0.1) is 7.11 Å². The van der Waals surface area contributed by atoms with Gasteiger partial charge in [-0.3, -0.25) is 0 Å². The lowest BCUT2D eigenvalue weighted by atomic mass is 10.1. The van der Waals surface area contributed by atoms with Crippen molar-refractivity contribution in [3.8, 4) is 11.5 Å². The Morgan fingerprint density at radius 3 is 2.48 bits per heavy atom. The number of rotatable bonds is 7. The van der Waals surface area contributed by atoms with Crippen molar-refractivity contribution >= 4 is 16.5 Å². The molecule has 0 unspecified atom stereocenters. The monoisotopic (exact) mass is 383 g/mol. The summed E-state index contributed by atoms with van der Waals surface area (Å²) in [7, 11) is 1.68.